The van der Waals surface area contributed by atoms with Crippen molar-refractivity contribution < 1.29 is 4.79 Å². The molecule has 2 unspecified atom stereocenters. The van der Waals surface area contributed by atoms with Crippen molar-refractivity contribution in [3.63, 3.8) is 0 Å². The summed E-state index contributed by atoms with van der Waals surface area (Å²) in [7, 11) is 0. The van der Waals surface area contributed by atoms with E-state index >= 15 is 0 Å². The van der Waals surface area contributed by atoms with Gasteiger partial charge in [-0.05, 0) is 44.3 Å². The largest absolute Gasteiger partial charge is 0.341 e. The molecule has 0 aromatic carbocycles. The number of halogens is 1. The van der Waals surface area contributed by atoms with Crippen molar-refractivity contribution >= 4 is 33.6 Å². The first-order chi connectivity index (χ1) is 7.65. The van der Waals surface area contributed by atoms with Crippen LogP contribution in [-0.4, -0.2) is 39.7 Å². The maximum absolute atomic E-state index is 12.4. The van der Waals surface area contributed by atoms with Crippen molar-refractivity contribution in [2.45, 2.75) is 37.4 Å². The van der Waals surface area contributed by atoms with Gasteiger partial charge in [0.1, 0.15) is 0 Å². The topological polar surface area (TPSA) is 20.3 Å². The third kappa shape index (κ3) is 2.58. The SMILES string of the molecule is CC1(C(=O)N2CCC(CCBr)C2)CCCS1. The van der Waals surface area contributed by atoms with E-state index in [2.05, 4.69) is 27.8 Å². The van der Waals surface area contributed by atoms with Crippen LogP contribution in [0.15, 0.2) is 0 Å². The summed E-state index contributed by atoms with van der Waals surface area (Å²) in [6.07, 6.45) is 4.66. The summed E-state index contributed by atoms with van der Waals surface area (Å²) < 4.78 is -0.108. The van der Waals surface area contributed by atoms with Gasteiger partial charge in [0.05, 0.1) is 4.75 Å². The average Bonchev–Trinajstić information content (AvgIpc) is 2.88. The van der Waals surface area contributed by atoms with E-state index in [-0.39, 0.29) is 4.75 Å². The van der Waals surface area contributed by atoms with Crippen molar-refractivity contribution in [3.8, 4) is 0 Å². The summed E-state index contributed by atoms with van der Waals surface area (Å²) in [5.74, 6) is 2.27. The molecule has 2 aliphatic rings. The Hall–Kier alpha value is 0.300. The lowest BCUT2D eigenvalue weighted by molar-refractivity contribution is -0.132. The summed E-state index contributed by atoms with van der Waals surface area (Å²) in [6.45, 7) is 4.10. The number of amides is 1. The zero-order valence-corrected chi connectivity index (χ0v) is 12.3. The molecule has 0 aromatic heterocycles. The van der Waals surface area contributed by atoms with E-state index < -0.39 is 0 Å². The minimum atomic E-state index is -0.108. The zero-order valence-electron chi connectivity index (χ0n) is 9.88. The number of rotatable bonds is 3. The Morgan fingerprint density at radius 2 is 2.44 bits per heavy atom. The molecule has 92 valence electrons. The smallest absolute Gasteiger partial charge is 0.238 e. The number of thioether (sulfide) groups is 1. The molecule has 0 spiro atoms. The van der Waals surface area contributed by atoms with Crippen LogP contribution in [0.1, 0.15) is 32.6 Å². The molecule has 2 atom stereocenters. The Morgan fingerprint density at radius 3 is 3.06 bits per heavy atom. The number of likely N-dealkylation sites (tertiary alicyclic amines) is 1. The van der Waals surface area contributed by atoms with Crippen LogP contribution in [0.4, 0.5) is 0 Å². The number of nitrogens with zero attached hydrogens (tertiary/aromatic N) is 1. The van der Waals surface area contributed by atoms with Gasteiger partial charge in [-0.1, -0.05) is 15.9 Å². The van der Waals surface area contributed by atoms with Gasteiger partial charge in [0.2, 0.25) is 5.91 Å². The van der Waals surface area contributed by atoms with Crippen LogP contribution in [-0.2, 0) is 4.79 Å². The van der Waals surface area contributed by atoms with Gasteiger partial charge in [-0.15, -0.1) is 11.8 Å². The number of carbonyl (C=O) groups is 1. The second kappa shape index (κ2) is 5.30. The maximum Gasteiger partial charge on any atom is 0.238 e. The van der Waals surface area contributed by atoms with Gasteiger partial charge in [-0.3, -0.25) is 4.79 Å². The third-order valence-corrected chi connectivity index (χ3v) is 5.73. The highest BCUT2D eigenvalue weighted by Crippen LogP contribution is 2.40. The van der Waals surface area contributed by atoms with Gasteiger partial charge < -0.3 is 4.90 Å². The molecule has 0 aromatic rings. The fourth-order valence-electron chi connectivity index (χ4n) is 2.69. The molecular formula is C12H20BrNOS. The van der Waals surface area contributed by atoms with Gasteiger partial charge in [0.15, 0.2) is 0 Å². The minimum Gasteiger partial charge on any atom is -0.341 e. The molecule has 2 heterocycles. The quantitative estimate of drug-likeness (QED) is 0.747. The normalized spacial score (nSPS) is 34.6. The van der Waals surface area contributed by atoms with E-state index in [1.807, 2.05) is 11.8 Å². The van der Waals surface area contributed by atoms with E-state index in [1.54, 1.807) is 0 Å². The number of hydrogen-bond donors (Lipinski definition) is 0. The predicted molar refractivity (Wildman–Crippen MR) is 73.2 cm³/mol. The van der Waals surface area contributed by atoms with Crippen molar-refractivity contribution in [3.05, 3.63) is 0 Å². The molecule has 0 aliphatic carbocycles. The molecule has 0 saturated carbocycles. The average molecular weight is 306 g/mol. The Bertz CT molecular complexity index is 266. The Balaban J connectivity index is 1.91. The van der Waals surface area contributed by atoms with Crippen LogP contribution in [0.25, 0.3) is 0 Å². The van der Waals surface area contributed by atoms with Gasteiger partial charge in [0, 0.05) is 18.4 Å². The van der Waals surface area contributed by atoms with Crippen LogP contribution in [0.3, 0.4) is 0 Å². The number of alkyl halides is 1. The van der Waals surface area contributed by atoms with Gasteiger partial charge in [-0.2, -0.15) is 0 Å². The summed E-state index contributed by atoms with van der Waals surface area (Å²) >= 11 is 5.34. The zero-order chi connectivity index (χ0) is 11.6. The van der Waals surface area contributed by atoms with Crippen LogP contribution < -0.4 is 0 Å². The van der Waals surface area contributed by atoms with Crippen LogP contribution in [0, 0.1) is 5.92 Å². The summed E-state index contributed by atoms with van der Waals surface area (Å²) in [5.41, 5.74) is 0. The van der Waals surface area contributed by atoms with Crippen molar-refractivity contribution in [1.29, 1.82) is 0 Å². The van der Waals surface area contributed by atoms with Crippen LogP contribution in [0.5, 0.6) is 0 Å². The molecule has 16 heavy (non-hydrogen) atoms. The monoisotopic (exact) mass is 305 g/mol. The summed E-state index contributed by atoms with van der Waals surface area (Å²) in [5, 5.41) is 1.06. The lowest BCUT2D eigenvalue weighted by Crippen LogP contribution is -2.42. The van der Waals surface area contributed by atoms with Crippen molar-refractivity contribution in [2.75, 3.05) is 24.2 Å². The van der Waals surface area contributed by atoms with Crippen molar-refractivity contribution in [1.82, 2.24) is 4.90 Å². The Morgan fingerprint density at radius 1 is 1.62 bits per heavy atom. The minimum absolute atomic E-state index is 0.108. The number of hydrogen-bond acceptors (Lipinski definition) is 2. The first-order valence-electron chi connectivity index (χ1n) is 6.15. The summed E-state index contributed by atoms with van der Waals surface area (Å²) in [4.78, 5) is 14.5. The lowest BCUT2D eigenvalue weighted by Gasteiger charge is -2.28. The fraction of sp³-hybridized carbons (Fsp3) is 0.917. The molecule has 0 N–H and O–H groups in total. The van der Waals surface area contributed by atoms with Crippen LogP contribution in [0.2, 0.25) is 0 Å². The number of carbonyl (C=O) groups excluding carboxylic acids is 1. The molecule has 2 aliphatic heterocycles. The van der Waals surface area contributed by atoms with Gasteiger partial charge in [-0.25, -0.2) is 0 Å². The van der Waals surface area contributed by atoms with Gasteiger partial charge in [0.25, 0.3) is 0 Å². The second-order valence-corrected chi connectivity index (χ2v) is 7.46. The standard InChI is InChI=1S/C12H20BrNOS/c1-12(5-2-8-16-12)11(15)14-7-4-10(9-14)3-6-13/h10H,2-9H2,1H3. The molecule has 2 saturated heterocycles. The first kappa shape index (κ1) is 12.7. The molecule has 2 rings (SSSR count). The van der Waals surface area contributed by atoms with Crippen LogP contribution >= 0.6 is 27.7 Å². The molecule has 2 nitrogen and oxygen atoms in total. The molecule has 0 radical (unpaired) electrons. The van der Waals surface area contributed by atoms with E-state index in [9.17, 15) is 4.79 Å². The summed E-state index contributed by atoms with van der Waals surface area (Å²) in [6, 6.07) is 0. The predicted octanol–water partition coefficient (Wildman–Crippen LogP) is 2.91. The second-order valence-electron chi connectivity index (χ2n) is 5.07. The van der Waals surface area contributed by atoms with Crippen molar-refractivity contribution in [2.24, 2.45) is 5.92 Å². The Kier molecular flexibility index (Phi) is 4.22. The Labute approximate surface area is 111 Å². The van der Waals surface area contributed by atoms with E-state index in [4.69, 9.17) is 0 Å². The molecule has 2 fully saturated rings. The lowest BCUT2D eigenvalue weighted by atomic mass is 10.0. The molecule has 1 amide bonds. The van der Waals surface area contributed by atoms with Gasteiger partial charge >= 0.3 is 0 Å². The highest BCUT2D eigenvalue weighted by molar-refractivity contribution is 9.09. The molecular weight excluding hydrogens is 286 g/mol. The third-order valence-electron chi connectivity index (χ3n) is 3.76. The van der Waals surface area contributed by atoms with E-state index in [0.717, 1.165) is 36.5 Å². The maximum atomic E-state index is 12.4. The first-order valence-corrected chi connectivity index (χ1v) is 8.26. The van der Waals surface area contributed by atoms with E-state index in [0.29, 0.717) is 5.91 Å². The molecule has 4 heteroatoms. The molecule has 0 bridgehead atoms. The van der Waals surface area contributed by atoms with E-state index in [1.165, 1.54) is 19.3 Å². The highest BCUT2D eigenvalue weighted by Gasteiger charge is 2.41. The fourth-order valence-corrected chi connectivity index (χ4v) is 4.62. The highest BCUT2D eigenvalue weighted by atomic mass is 79.9.